The molecule has 1 atom stereocenters. The number of nitrogens with zero attached hydrogens (tertiary/aromatic N) is 1. The zero-order valence-corrected chi connectivity index (χ0v) is 20.2. The number of carbonyl (C=O) groups excluding carboxylic acids is 1. The maximum absolute atomic E-state index is 13.5. The Balaban J connectivity index is 1.90. The predicted octanol–water partition coefficient (Wildman–Crippen LogP) is 4.89. The minimum absolute atomic E-state index is 0.128. The van der Waals surface area contributed by atoms with Crippen LogP contribution in [0.2, 0.25) is 0 Å². The van der Waals surface area contributed by atoms with E-state index in [0.717, 1.165) is 15.4 Å². The number of ether oxygens (including phenoxy) is 1. The summed E-state index contributed by atoms with van der Waals surface area (Å²) in [5, 5.41) is 2.90. The highest BCUT2D eigenvalue weighted by Gasteiger charge is 2.28. The van der Waals surface area contributed by atoms with Gasteiger partial charge >= 0.3 is 0 Å². The third-order valence-corrected chi connectivity index (χ3v) is 7.24. The Morgan fingerprint density at radius 2 is 1.52 bits per heavy atom. The smallest absolute Gasteiger partial charge is 0.264 e. The van der Waals surface area contributed by atoms with Crippen LogP contribution in [0.4, 0.5) is 5.69 Å². The van der Waals surface area contributed by atoms with E-state index in [0.29, 0.717) is 17.4 Å². The molecule has 0 heterocycles. The summed E-state index contributed by atoms with van der Waals surface area (Å²) in [7, 11) is -2.38. The van der Waals surface area contributed by atoms with Gasteiger partial charge in [-0.3, -0.25) is 9.10 Å². The van der Waals surface area contributed by atoms with E-state index in [1.165, 1.54) is 12.1 Å². The summed E-state index contributed by atoms with van der Waals surface area (Å²) < 4.78 is 33.5. The monoisotopic (exact) mass is 466 g/mol. The Kier molecular flexibility index (Phi) is 7.76. The molecule has 1 N–H and O–H groups in total. The lowest BCUT2D eigenvalue weighted by molar-refractivity contribution is -0.120. The average molecular weight is 467 g/mol. The van der Waals surface area contributed by atoms with Gasteiger partial charge in [-0.05, 0) is 48.7 Å². The molecule has 6 nitrogen and oxygen atoms in total. The van der Waals surface area contributed by atoms with Crippen molar-refractivity contribution in [1.82, 2.24) is 5.32 Å². The first-order valence-corrected chi connectivity index (χ1v) is 12.3. The molecule has 3 rings (SSSR count). The second-order valence-electron chi connectivity index (χ2n) is 8.10. The van der Waals surface area contributed by atoms with Crippen LogP contribution in [0.5, 0.6) is 5.75 Å². The molecule has 0 radical (unpaired) electrons. The molecule has 0 bridgehead atoms. The Morgan fingerprint density at radius 3 is 2.12 bits per heavy atom. The van der Waals surface area contributed by atoms with Gasteiger partial charge in [0.15, 0.2) is 0 Å². The van der Waals surface area contributed by atoms with Crippen LogP contribution >= 0.6 is 0 Å². The number of hydrogen-bond acceptors (Lipinski definition) is 4. The molecule has 0 aliphatic carbocycles. The molecule has 174 valence electrons. The van der Waals surface area contributed by atoms with Gasteiger partial charge < -0.3 is 10.1 Å². The van der Waals surface area contributed by atoms with Gasteiger partial charge in [-0.1, -0.05) is 62.4 Å². The van der Waals surface area contributed by atoms with Crippen LogP contribution in [0.3, 0.4) is 0 Å². The third-order valence-electron chi connectivity index (χ3n) is 5.45. The summed E-state index contributed by atoms with van der Waals surface area (Å²) >= 11 is 0. The van der Waals surface area contributed by atoms with E-state index in [1.807, 2.05) is 43.3 Å². The Morgan fingerprint density at radius 1 is 0.909 bits per heavy atom. The normalized spacial score (nSPS) is 12.3. The molecule has 3 aromatic rings. The van der Waals surface area contributed by atoms with E-state index < -0.39 is 15.9 Å². The van der Waals surface area contributed by atoms with Crippen LogP contribution in [0.15, 0.2) is 83.8 Å². The van der Waals surface area contributed by atoms with Crippen LogP contribution in [0.25, 0.3) is 0 Å². The van der Waals surface area contributed by atoms with Gasteiger partial charge in [0.2, 0.25) is 5.91 Å². The number of benzene rings is 3. The van der Waals surface area contributed by atoms with E-state index in [2.05, 4.69) is 19.2 Å². The summed E-state index contributed by atoms with van der Waals surface area (Å²) in [4.78, 5) is 13.1. The zero-order valence-electron chi connectivity index (χ0n) is 19.4. The molecule has 0 fully saturated rings. The van der Waals surface area contributed by atoms with Crippen molar-refractivity contribution in [3.05, 3.63) is 90.0 Å². The molecular weight excluding hydrogens is 436 g/mol. The van der Waals surface area contributed by atoms with Gasteiger partial charge in [0.05, 0.1) is 23.7 Å². The highest BCUT2D eigenvalue weighted by atomic mass is 32.2. The standard InChI is InChI=1S/C26H30N2O4S/c1-19(2)21-14-16-22(17-15-21)28(33(30,31)23-10-6-5-7-11-23)18-26(29)27-20(3)24-12-8-9-13-25(24)32-4/h5-17,19-20H,18H2,1-4H3,(H,27,29)/t20-/m0/s1. The van der Waals surface area contributed by atoms with Crippen molar-refractivity contribution >= 4 is 21.6 Å². The molecule has 0 saturated carbocycles. The lowest BCUT2D eigenvalue weighted by atomic mass is 10.0. The molecule has 0 aliphatic heterocycles. The van der Waals surface area contributed by atoms with Gasteiger partial charge in [-0.15, -0.1) is 0 Å². The van der Waals surface area contributed by atoms with Crippen molar-refractivity contribution in [3.63, 3.8) is 0 Å². The second-order valence-corrected chi connectivity index (χ2v) is 9.96. The number of nitrogens with one attached hydrogen (secondary N) is 1. The summed E-state index contributed by atoms with van der Waals surface area (Å²) in [5.74, 6) is 0.549. The van der Waals surface area contributed by atoms with Gasteiger partial charge in [0.25, 0.3) is 10.0 Å². The molecule has 3 aromatic carbocycles. The lowest BCUT2D eigenvalue weighted by Gasteiger charge is -2.26. The summed E-state index contributed by atoms with van der Waals surface area (Å²) in [6.45, 7) is 5.63. The third kappa shape index (κ3) is 5.73. The molecule has 0 aromatic heterocycles. The van der Waals surface area contributed by atoms with E-state index in [4.69, 9.17) is 4.74 Å². The number of para-hydroxylation sites is 1. The van der Waals surface area contributed by atoms with Crippen molar-refractivity contribution in [2.75, 3.05) is 18.0 Å². The van der Waals surface area contributed by atoms with Crippen LogP contribution in [0.1, 0.15) is 43.9 Å². The first-order valence-electron chi connectivity index (χ1n) is 10.8. The molecule has 1 amide bonds. The number of hydrogen-bond donors (Lipinski definition) is 1. The summed E-state index contributed by atoms with van der Waals surface area (Å²) in [5.41, 5.74) is 2.33. The maximum Gasteiger partial charge on any atom is 0.264 e. The van der Waals surface area contributed by atoms with Crippen LogP contribution in [-0.2, 0) is 14.8 Å². The highest BCUT2D eigenvalue weighted by Crippen LogP contribution is 2.27. The molecule has 7 heteroatoms. The number of methoxy groups -OCH3 is 1. The Labute approximate surface area is 196 Å². The van der Waals surface area contributed by atoms with Crippen molar-refractivity contribution in [2.45, 2.75) is 37.6 Å². The second kappa shape index (κ2) is 10.5. The largest absolute Gasteiger partial charge is 0.496 e. The molecule has 0 spiro atoms. The first kappa shape index (κ1) is 24.3. The molecule has 0 saturated heterocycles. The molecule has 33 heavy (non-hydrogen) atoms. The first-order chi connectivity index (χ1) is 15.7. The average Bonchev–Trinajstić information content (AvgIpc) is 2.83. The molecule has 0 unspecified atom stereocenters. The minimum Gasteiger partial charge on any atom is -0.496 e. The van der Waals surface area contributed by atoms with Gasteiger partial charge in [-0.25, -0.2) is 8.42 Å². The lowest BCUT2D eigenvalue weighted by Crippen LogP contribution is -2.41. The molecule has 0 aliphatic rings. The number of rotatable bonds is 9. The summed E-state index contributed by atoms with van der Waals surface area (Å²) in [6.07, 6.45) is 0. The fourth-order valence-corrected chi connectivity index (χ4v) is 5.02. The Hall–Kier alpha value is -3.32. The van der Waals surface area contributed by atoms with Gasteiger partial charge in [0.1, 0.15) is 12.3 Å². The van der Waals surface area contributed by atoms with Crippen LogP contribution in [-0.4, -0.2) is 28.0 Å². The zero-order chi connectivity index (χ0) is 24.0. The van der Waals surface area contributed by atoms with E-state index >= 15 is 0 Å². The number of sulfonamides is 1. The SMILES string of the molecule is COc1ccccc1[C@H](C)NC(=O)CN(c1ccc(C(C)C)cc1)S(=O)(=O)c1ccccc1. The fraction of sp³-hybridized carbons (Fsp3) is 0.269. The van der Waals surface area contributed by atoms with Crippen LogP contribution in [0, 0.1) is 0 Å². The van der Waals surface area contributed by atoms with Gasteiger partial charge in [-0.2, -0.15) is 0 Å². The quantitative estimate of drug-likeness (QED) is 0.487. The predicted molar refractivity (Wildman–Crippen MR) is 131 cm³/mol. The van der Waals surface area contributed by atoms with E-state index in [1.54, 1.807) is 37.4 Å². The summed E-state index contributed by atoms with van der Waals surface area (Å²) in [6, 6.07) is 22.4. The van der Waals surface area contributed by atoms with Crippen molar-refractivity contribution in [1.29, 1.82) is 0 Å². The number of amides is 1. The number of carbonyl (C=O) groups is 1. The van der Waals surface area contributed by atoms with E-state index in [-0.39, 0.29) is 17.5 Å². The molecular formula is C26H30N2O4S. The van der Waals surface area contributed by atoms with Crippen LogP contribution < -0.4 is 14.4 Å². The van der Waals surface area contributed by atoms with E-state index in [9.17, 15) is 13.2 Å². The number of anilines is 1. The van der Waals surface area contributed by atoms with Gasteiger partial charge in [0, 0.05) is 5.56 Å². The fourth-order valence-electron chi connectivity index (χ4n) is 3.58. The topological polar surface area (TPSA) is 75.7 Å². The maximum atomic E-state index is 13.5. The van der Waals surface area contributed by atoms with Crippen molar-refractivity contribution in [2.24, 2.45) is 0 Å². The van der Waals surface area contributed by atoms with Crippen molar-refractivity contribution < 1.29 is 17.9 Å². The highest BCUT2D eigenvalue weighted by molar-refractivity contribution is 7.92. The Bertz CT molecular complexity index is 1180. The minimum atomic E-state index is -3.95. The van der Waals surface area contributed by atoms with Crippen molar-refractivity contribution in [3.8, 4) is 5.75 Å².